The predicted octanol–water partition coefficient (Wildman–Crippen LogP) is 1.62. The maximum absolute atomic E-state index is 12.9. The number of nitrogens with zero attached hydrogens (tertiary/aromatic N) is 3. The van der Waals surface area contributed by atoms with Crippen LogP contribution in [0, 0.1) is 5.92 Å². The van der Waals surface area contributed by atoms with Crippen molar-refractivity contribution in [2.75, 3.05) is 38.2 Å². The molecule has 2 aliphatic heterocycles. The van der Waals surface area contributed by atoms with E-state index in [1.54, 1.807) is 7.05 Å². The maximum atomic E-state index is 12.9. The fourth-order valence-electron chi connectivity index (χ4n) is 4.59. The highest BCUT2D eigenvalue weighted by atomic mass is 32.1. The second kappa shape index (κ2) is 7.83. The number of β-amino-alcohol motifs (C(OH)–C–C–N with tert-alkyl or cyclic N) is 1. The second-order valence-corrected chi connectivity index (χ2v) is 9.12. The number of carbonyl (C=O) groups is 3. The van der Waals surface area contributed by atoms with E-state index in [9.17, 15) is 19.5 Å². The summed E-state index contributed by atoms with van der Waals surface area (Å²) in [5, 5.41) is 10.0. The lowest BCUT2D eigenvalue weighted by atomic mass is 9.99. The van der Waals surface area contributed by atoms with Crippen molar-refractivity contribution in [2.24, 2.45) is 5.92 Å². The van der Waals surface area contributed by atoms with E-state index >= 15 is 0 Å². The molecule has 4 rings (SSSR count). The van der Waals surface area contributed by atoms with Crippen molar-refractivity contribution in [2.45, 2.75) is 45.1 Å². The first-order chi connectivity index (χ1) is 13.5. The van der Waals surface area contributed by atoms with Crippen molar-refractivity contribution in [1.82, 2.24) is 9.80 Å². The Hall–Kier alpha value is -1.93. The molecule has 3 aliphatic rings. The number of amides is 3. The topological polar surface area (TPSA) is 81.2 Å². The zero-order valence-corrected chi connectivity index (χ0v) is 17.1. The van der Waals surface area contributed by atoms with Crippen LogP contribution < -0.4 is 4.90 Å². The van der Waals surface area contributed by atoms with Crippen molar-refractivity contribution in [3.05, 3.63) is 16.0 Å². The number of aliphatic hydroxyl groups excluding tert-OH is 1. The minimum Gasteiger partial charge on any atom is -0.395 e. The minimum atomic E-state index is -0.184. The lowest BCUT2D eigenvalue weighted by Gasteiger charge is -2.28. The van der Waals surface area contributed by atoms with Crippen molar-refractivity contribution in [3.8, 4) is 0 Å². The molecule has 1 saturated carbocycles. The Morgan fingerprint density at radius 1 is 1.21 bits per heavy atom. The van der Waals surface area contributed by atoms with Gasteiger partial charge in [0.1, 0.15) is 11.5 Å². The van der Waals surface area contributed by atoms with Gasteiger partial charge in [-0.3, -0.25) is 19.3 Å². The zero-order chi connectivity index (χ0) is 19.8. The van der Waals surface area contributed by atoms with Gasteiger partial charge < -0.3 is 14.9 Å². The van der Waals surface area contributed by atoms with Gasteiger partial charge in [0.15, 0.2) is 0 Å². The van der Waals surface area contributed by atoms with E-state index < -0.39 is 0 Å². The van der Waals surface area contributed by atoms with Crippen molar-refractivity contribution in [3.63, 3.8) is 0 Å². The first-order valence-electron chi connectivity index (χ1n) is 10.1. The average molecular weight is 406 g/mol. The van der Waals surface area contributed by atoms with Gasteiger partial charge in [-0.25, -0.2) is 0 Å². The van der Waals surface area contributed by atoms with Crippen molar-refractivity contribution < 1.29 is 19.5 Å². The summed E-state index contributed by atoms with van der Waals surface area (Å²) >= 11 is 1.43. The Morgan fingerprint density at radius 3 is 2.68 bits per heavy atom. The van der Waals surface area contributed by atoms with Crippen LogP contribution in [0.5, 0.6) is 0 Å². The molecular formula is C20H27N3O4S. The Labute approximate surface area is 168 Å². The van der Waals surface area contributed by atoms with E-state index in [1.807, 2.05) is 4.90 Å². The summed E-state index contributed by atoms with van der Waals surface area (Å²) in [7, 11) is 1.64. The summed E-state index contributed by atoms with van der Waals surface area (Å²) in [6, 6.07) is 0. The van der Waals surface area contributed by atoms with Crippen LogP contribution in [-0.4, -0.2) is 65.9 Å². The number of aliphatic hydroxyl groups is 1. The monoisotopic (exact) mass is 405 g/mol. The van der Waals surface area contributed by atoms with E-state index in [1.165, 1.54) is 34.0 Å². The van der Waals surface area contributed by atoms with Gasteiger partial charge in [0.2, 0.25) is 11.8 Å². The molecule has 3 heterocycles. The molecule has 0 spiro atoms. The van der Waals surface area contributed by atoms with Crippen molar-refractivity contribution >= 4 is 34.1 Å². The summed E-state index contributed by atoms with van der Waals surface area (Å²) < 4.78 is 0. The molecule has 7 nitrogen and oxygen atoms in total. The first-order valence-corrected chi connectivity index (χ1v) is 10.9. The quantitative estimate of drug-likeness (QED) is 0.826. The lowest BCUT2D eigenvalue weighted by molar-refractivity contribution is -0.133. The van der Waals surface area contributed by atoms with Crippen LogP contribution in [0.3, 0.4) is 0 Å². The lowest BCUT2D eigenvalue weighted by Crippen LogP contribution is -2.39. The Morgan fingerprint density at radius 2 is 1.96 bits per heavy atom. The molecule has 1 aromatic rings. The van der Waals surface area contributed by atoms with Gasteiger partial charge in [0.05, 0.1) is 18.7 Å². The van der Waals surface area contributed by atoms with E-state index in [2.05, 4.69) is 0 Å². The Kier molecular flexibility index (Phi) is 5.42. The van der Waals surface area contributed by atoms with Crippen LogP contribution in [0.4, 0.5) is 5.00 Å². The summed E-state index contributed by atoms with van der Waals surface area (Å²) in [4.78, 5) is 44.1. The van der Waals surface area contributed by atoms with E-state index in [0.717, 1.165) is 23.3 Å². The number of carbonyl (C=O) groups excluding carboxylic acids is 3. The molecular weight excluding hydrogens is 378 g/mol. The summed E-state index contributed by atoms with van der Waals surface area (Å²) in [6.45, 7) is 1.17. The summed E-state index contributed by atoms with van der Waals surface area (Å²) in [5.74, 6) is 0.387. The molecule has 1 N–H and O–H groups in total. The molecule has 1 aliphatic carbocycles. The van der Waals surface area contributed by atoms with Crippen LogP contribution in [0.15, 0.2) is 0 Å². The Balaban J connectivity index is 1.60. The van der Waals surface area contributed by atoms with Crippen LogP contribution in [0.25, 0.3) is 0 Å². The number of rotatable bonds is 4. The van der Waals surface area contributed by atoms with Crippen molar-refractivity contribution in [1.29, 1.82) is 0 Å². The number of anilines is 1. The van der Waals surface area contributed by atoms with Gasteiger partial charge in [-0.15, -0.1) is 11.3 Å². The molecule has 1 fully saturated rings. The third-order valence-electron chi connectivity index (χ3n) is 6.13. The smallest absolute Gasteiger partial charge is 0.257 e. The van der Waals surface area contributed by atoms with Crippen LogP contribution >= 0.6 is 11.3 Å². The zero-order valence-electron chi connectivity index (χ0n) is 16.3. The van der Waals surface area contributed by atoms with E-state index in [-0.39, 0.29) is 37.4 Å². The van der Waals surface area contributed by atoms with Gasteiger partial charge in [-0.1, -0.05) is 12.8 Å². The molecule has 0 bridgehead atoms. The predicted molar refractivity (Wildman–Crippen MR) is 106 cm³/mol. The standard InChI is InChI=1S/C20H27N3O4S/c1-21-12-17(26)23(8-9-24)20-18(19(21)27)14-6-7-22(11-15(14)28-20)16(25)10-13-4-2-3-5-13/h13,24H,2-12H2,1H3. The molecule has 0 radical (unpaired) electrons. The normalized spacial score (nSPS) is 20.4. The van der Waals surface area contributed by atoms with Gasteiger partial charge in [-0.05, 0) is 30.7 Å². The fourth-order valence-corrected chi connectivity index (χ4v) is 5.99. The SMILES string of the molecule is CN1CC(=O)N(CCO)c2sc3c(c2C1=O)CCN(C(=O)CC1CCCC1)C3. The van der Waals surface area contributed by atoms with E-state index in [4.69, 9.17) is 0 Å². The highest BCUT2D eigenvalue weighted by Gasteiger charge is 2.37. The molecule has 8 heteroatoms. The maximum Gasteiger partial charge on any atom is 0.257 e. The molecule has 0 saturated heterocycles. The number of hydrogen-bond acceptors (Lipinski definition) is 5. The van der Waals surface area contributed by atoms with Crippen LogP contribution in [0.2, 0.25) is 0 Å². The van der Waals surface area contributed by atoms with E-state index in [0.29, 0.717) is 42.4 Å². The molecule has 28 heavy (non-hydrogen) atoms. The average Bonchev–Trinajstić information content (AvgIpc) is 3.30. The molecule has 0 unspecified atom stereocenters. The number of hydrogen-bond donors (Lipinski definition) is 1. The molecule has 0 aromatic carbocycles. The summed E-state index contributed by atoms with van der Waals surface area (Å²) in [5.41, 5.74) is 1.56. The Bertz CT molecular complexity index is 800. The summed E-state index contributed by atoms with van der Waals surface area (Å²) in [6.07, 6.45) is 6.01. The van der Waals surface area contributed by atoms with Gasteiger partial charge >= 0.3 is 0 Å². The van der Waals surface area contributed by atoms with Crippen LogP contribution in [0.1, 0.15) is 52.9 Å². The number of likely N-dealkylation sites (N-methyl/N-ethyl adjacent to an activating group) is 1. The first kappa shape index (κ1) is 19.4. The van der Waals surface area contributed by atoms with Crippen LogP contribution in [-0.2, 0) is 22.6 Å². The fraction of sp³-hybridized carbons (Fsp3) is 0.650. The highest BCUT2D eigenvalue weighted by molar-refractivity contribution is 7.17. The molecule has 152 valence electrons. The highest BCUT2D eigenvalue weighted by Crippen LogP contribution is 2.41. The molecule has 1 aromatic heterocycles. The third-order valence-corrected chi connectivity index (χ3v) is 7.37. The van der Waals surface area contributed by atoms with Gasteiger partial charge in [-0.2, -0.15) is 0 Å². The second-order valence-electron chi connectivity index (χ2n) is 8.03. The largest absolute Gasteiger partial charge is 0.395 e. The van der Waals surface area contributed by atoms with Gasteiger partial charge in [0, 0.05) is 31.4 Å². The molecule has 3 amide bonds. The third kappa shape index (κ3) is 3.43. The molecule has 0 atom stereocenters. The number of thiophene rings is 1. The number of fused-ring (bicyclic) bond motifs is 3. The minimum absolute atomic E-state index is 0.0149. The van der Waals surface area contributed by atoms with Gasteiger partial charge in [0.25, 0.3) is 5.91 Å².